The van der Waals surface area contributed by atoms with E-state index in [0.717, 1.165) is 5.56 Å². The van der Waals surface area contributed by atoms with Crippen LogP contribution in [0.2, 0.25) is 0 Å². The first-order valence-corrected chi connectivity index (χ1v) is 8.94. The Bertz CT molecular complexity index is 762. The van der Waals surface area contributed by atoms with Crippen molar-refractivity contribution in [3.63, 3.8) is 0 Å². The summed E-state index contributed by atoms with van der Waals surface area (Å²) in [5.74, 6) is -0.262. The summed E-state index contributed by atoms with van der Waals surface area (Å²) in [5.41, 5.74) is 7.88. The Morgan fingerprint density at radius 2 is 2.19 bits per heavy atom. The highest BCUT2D eigenvalue weighted by molar-refractivity contribution is 8.00. The van der Waals surface area contributed by atoms with Crippen molar-refractivity contribution in [2.45, 2.75) is 36.6 Å². The second-order valence-corrected chi connectivity index (χ2v) is 7.42. The number of fused-ring (bicyclic) bond motifs is 1. The Morgan fingerprint density at radius 1 is 1.50 bits per heavy atom. The van der Waals surface area contributed by atoms with Gasteiger partial charge in [0.15, 0.2) is 6.04 Å². The number of thioether (sulfide) groups is 1. The number of hydrogen-bond donors (Lipinski definition) is 1. The third-order valence-corrected chi connectivity index (χ3v) is 5.98. The molecule has 2 heterocycles. The van der Waals surface area contributed by atoms with Crippen LogP contribution in [0, 0.1) is 0 Å². The summed E-state index contributed by atoms with van der Waals surface area (Å²) in [4.78, 5) is 28.8. The minimum atomic E-state index is -1.44. The smallest absolute Gasteiger partial charge is 0.332 e. The average Bonchev–Trinajstić information content (AvgIpc) is 2.64. The van der Waals surface area contributed by atoms with E-state index in [4.69, 9.17) is 15.0 Å². The summed E-state index contributed by atoms with van der Waals surface area (Å²) in [6.07, 6.45) is 0. The van der Waals surface area contributed by atoms with E-state index in [1.165, 1.54) is 23.6 Å². The number of carbonyl (C=O) groups excluding carboxylic acids is 2. The number of ether oxygens (including phenoxy) is 2. The van der Waals surface area contributed by atoms with E-state index in [0.29, 0.717) is 5.75 Å². The third kappa shape index (κ3) is 3.18. The van der Waals surface area contributed by atoms with Gasteiger partial charge >= 0.3 is 5.97 Å². The molecule has 10 heteroatoms. The van der Waals surface area contributed by atoms with Crippen molar-refractivity contribution in [2.24, 2.45) is 5.11 Å². The van der Waals surface area contributed by atoms with E-state index in [2.05, 4.69) is 10.0 Å². The molecule has 138 valence electrons. The average molecular weight is 378 g/mol. The van der Waals surface area contributed by atoms with Gasteiger partial charge in [-0.1, -0.05) is 17.2 Å². The van der Waals surface area contributed by atoms with Gasteiger partial charge in [-0.05, 0) is 30.2 Å². The van der Waals surface area contributed by atoms with Crippen molar-refractivity contribution < 1.29 is 24.2 Å². The fourth-order valence-corrected chi connectivity index (χ4v) is 4.44. The second kappa shape index (κ2) is 7.06. The van der Waals surface area contributed by atoms with Crippen LogP contribution in [0.15, 0.2) is 29.4 Å². The first-order valence-electron chi connectivity index (χ1n) is 7.89. The largest absolute Gasteiger partial charge is 0.497 e. The van der Waals surface area contributed by atoms with Crippen molar-refractivity contribution in [1.29, 1.82) is 0 Å². The monoisotopic (exact) mass is 378 g/mol. The third-order valence-electron chi connectivity index (χ3n) is 4.40. The number of azide groups is 1. The van der Waals surface area contributed by atoms with Gasteiger partial charge in [-0.3, -0.25) is 4.79 Å². The summed E-state index contributed by atoms with van der Waals surface area (Å²) in [5, 5.41) is 13.6. The van der Waals surface area contributed by atoms with E-state index in [-0.39, 0.29) is 12.4 Å². The molecule has 2 fully saturated rings. The predicted molar refractivity (Wildman–Crippen MR) is 93.2 cm³/mol. The van der Waals surface area contributed by atoms with Crippen LogP contribution in [-0.2, 0) is 20.9 Å². The molecule has 2 unspecified atom stereocenters. The number of methoxy groups -OCH3 is 1. The standard InChI is InChI=1S/C16H18N4O5S/c1-16(23)8-26-14-11(18-19-17)13(21)20(14)12(16)15(22)25-7-9-3-5-10(24-2)6-4-9/h3-6,11-12,14,23H,7-8H2,1-2H3/t11-,12?,14+,16?/m0/s1. The SMILES string of the molecule is COc1ccc(COC(=O)C2N3C(=O)[C@H](N=[N+]=[N-])[C@H]3SCC2(C)O)cc1. The van der Waals surface area contributed by atoms with E-state index in [9.17, 15) is 14.7 Å². The summed E-state index contributed by atoms with van der Waals surface area (Å²) in [7, 11) is 1.56. The van der Waals surface area contributed by atoms with Gasteiger partial charge < -0.3 is 19.5 Å². The molecule has 0 bridgehead atoms. The van der Waals surface area contributed by atoms with Crippen LogP contribution < -0.4 is 4.74 Å². The van der Waals surface area contributed by atoms with E-state index in [1.54, 1.807) is 31.4 Å². The molecule has 2 saturated heterocycles. The lowest BCUT2D eigenvalue weighted by Crippen LogP contribution is -2.75. The number of β-lactam (4-membered cyclic amide) rings is 1. The van der Waals surface area contributed by atoms with Crippen LogP contribution in [-0.4, -0.2) is 57.8 Å². The molecule has 1 aromatic rings. The fraction of sp³-hybridized carbons (Fsp3) is 0.500. The van der Waals surface area contributed by atoms with Gasteiger partial charge in [0.1, 0.15) is 24.0 Å². The Kier molecular flexibility index (Phi) is 4.99. The Labute approximate surface area is 153 Å². The van der Waals surface area contributed by atoms with Crippen LogP contribution in [0.3, 0.4) is 0 Å². The van der Waals surface area contributed by atoms with Gasteiger partial charge in [0, 0.05) is 10.7 Å². The van der Waals surface area contributed by atoms with Crippen LogP contribution in [0.5, 0.6) is 5.75 Å². The van der Waals surface area contributed by atoms with Crippen molar-refractivity contribution in [1.82, 2.24) is 4.90 Å². The first-order chi connectivity index (χ1) is 12.4. The van der Waals surface area contributed by atoms with Gasteiger partial charge in [0.2, 0.25) is 5.91 Å². The number of esters is 1. The topological polar surface area (TPSA) is 125 Å². The molecule has 26 heavy (non-hydrogen) atoms. The second-order valence-electron chi connectivity index (χ2n) is 6.31. The maximum Gasteiger partial charge on any atom is 0.332 e. The molecular formula is C16H18N4O5S. The lowest BCUT2D eigenvalue weighted by Gasteiger charge is -2.55. The summed E-state index contributed by atoms with van der Waals surface area (Å²) >= 11 is 1.28. The molecule has 4 atom stereocenters. The number of carbonyl (C=O) groups is 2. The molecule has 1 amide bonds. The fourth-order valence-electron chi connectivity index (χ4n) is 3.03. The van der Waals surface area contributed by atoms with Gasteiger partial charge in [0.05, 0.1) is 12.5 Å². The highest BCUT2D eigenvalue weighted by Crippen LogP contribution is 2.43. The van der Waals surface area contributed by atoms with Crippen molar-refractivity contribution >= 4 is 23.6 Å². The highest BCUT2D eigenvalue weighted by Gasteiger charge is 2.60. The molecule has 0 aromatic heterocycles. The lowest BCUT2D eigenvalue weighted by molar-refractivity contribution is -0.177. The van der Waals surface area contributed by atoms with Gasteiger partial charge in [-0.25, -0.2) is 4.79 Å². The normalized spacial score (nSPS) is 29.9. The predicted octanol–water partition coefficient (Wildman–Crippen LogP) is 1.45. The zero-order chi connectivity index (χ0) is 18.9. The molecule has 2 aliphatic rings. The van der Waals surface area contributed by atoms with Gasteiger partial charge in [0.25, 0.3) is 0 Å². The number of nitrogens with zero attached hydrogens (tertiary/aromatic N) is 4. The van der Waals surface area contributed by atoms with Crippen LogP contribution in [0.25, 0.3) is 10.4 Å². The first kappa shape index (κ1) is 18.4. The summed E-state index contributed by atoms with van der Waals surface area (Å²) < 4.78 is 10.4. The molecule has 0 saturated carbocycles. The molecule has 0 aliphatic carbocycles. The Morgan fingerprint density at radius 3 is 2.81 bits per heavy atom. The summed E-state index contributed by atoms with van der Waals surface area (Å²) in [6.45, 7) is 1.50. The molecule has 0 spiro atoms. The molecule has 1 N–H and O–H groups in total. The summed E-state index contributed by atoms with van der Waals surface area (Å²) in [6, 6.07) is 5.03. The number of benzene rings is 1. The minimum Gasteiger partial charge on any atom is -0.497 e. The molecule has 1 aromatic carbocycles. The van der Waals surface area contributed by atoms with Crippen LogP contribution >= 0.6 is 11.8 Å². The minimum absolute atomic E-state index is 0.00895. The van der Waals surface area contributed by atoms with Crippen molar-refractivity contribution in [3.05, 3.63) is 40.3 Å². The van der Waals surface area contributed by atoms with E-state index in [1.807, 2.05) is 0 Å². The number of rotatable bonds is 5. The molecular weight excluding hydrogens is 360 g/mol. The molecule has 3 rings (SSSR count). The van der Waals surface area contributed by atoms with Crippen molar-refractivity contribution in [3.8, 4) is 5.75 Å². The Hall–Kier alpha value is -2.42. The quantitative estimate of drug-likeness (QED) is 0.272. The van der Waals surface area contributed by atoms with Gasteiger partial charge in [-0.2, -0.15) is 0 Å². The number of aliphatic hydroxyl groups is 1. The van der Waals surface area contributed by atoms with Crippen molar-refractivity contribution in [2.75, 3.05) is 12.9 Å². The van der Waals surface area contributed by atoms with E-state index >= 15 is 0 Å². The number of hydrogen-bond acceptors (Lipinski definition) is 7. The molecule has 0 radical (unpaired) electrons. The van der Waals surface area contributed by atoms with Gasteiger partial charge in [-0.15, -0.1) is 11.8 Å². The van der Waals surface area contributed by atoms with Crippen LogP contribution in [0.4, 0.5) is 0 Å². The highest BCUT2D eigenvalue weighted by atomic mass is 32.2. The molecule has 2 aliphatic heterocycles. The van der Waals surface area contributed by atoms with E-state index < -0.39 is 34.9 Å². The maximum absolute atomic E-state index is 12.6. The lowest BCUT2D eigenvalue weighted by atomic mass is 9.91. The maximum atomic E-state index is 12.6. The Balaban J connectivity index is 1.71. The zero-order valence-electron chi connectivity index (χ0n) is 14.2. The number of amides is 1. The zero-order valence-corrected chi connectivity index (χ0v) is 15.0. The van der Waals surface area contributed by atoms with Crippen LogP contribution in [0.1, 0.15) is 12.5 Å². The molecule has 9 nitrogen and oxygen atoms in total.